The molecule has 4 rings (SSSR count). The Bertz CT molecular complexity index is 865. The molecule has 3 aliphatic rings. The number of nitrogens with zero attached hydrogens (tertiary/aromatic N) is 2. The SMILES string of the molecule is CC(NC(=O)CN(C)C1=NS(=O)(=O)c2ccccc21)C1CC2CCC1C2. The Morgan fingerprint density at radius 3 is 2.77 bits per heavy atom. The summed E-state index contributed by atoms with van der Waals surface area (Å²) >= 11 is 0. The first-order valence-corrected chi connectivity index (χ1v) is 10.7. The topological polar surface area (TPSA) is 78.8 Å². The van der Waals surface area contributed by atoms with Crippen molar-refractivity contribution in [1.29, 1.82) is 0 Å². The van der Waals surface area contributed by atoms with E-state index in [4.69, 9.17) is 0 Å². The molecule has 1 aromatic rings. The van der Waals surface area contributed by atoms with Crippen LogP contribution in [0.25, 0.3) is 0 Å². The molecule has 0 aromatic heterocycles. The van der Waals surface area contributed by atoms with Crippen molar-refractivity contribution in [3.63, 3.8) is 0 Å². The second-order valence-electron chi connectivity index (χ2n) is 7.94. The fraction of sp³-hybridized carbons (Fsp3) is 0.579. The van der Waals surface area contributed by atoms with Gasteiger partial charge in [0.15, 0.2) is 5.84 Å². The molecule has 140 valence electrons. The summed E-state index contributed by atoms with van der Waals surface area (Å²) in [6.45, 7) is 2.18. The first-order chi connectivity index (χ1) is 12.3. The Hall–Kier alpha value is -1.89. The zero-order valence-corrected chi connectivity index (χ0v) is 16.0. The number of carbonyl (C=O) groups is 1. The van der Waals surface area contributed by atoms with Gasteiger partial charge in [0.05, 0.1) is 6.54 Å². The Labute approximate surface area is 154 Å². The summed E-state index contributed by atoms with van der Waals surface area (Å²) in [5.74, 6) is 2.43. The molecule has 0 spiro atoms. The molecule has 7 heteroatoms. The van der Waals surface area contributed by atoms with Crippen molar-refractivity contribution in [3.05, 3.63) is 29.8 Å². The molecule has 4 unspecified atom stereocenters. The van der Waals surface area contributed by atoms with E-state index >= 15 is 0 Å². The monoisotopic (exact) mass is 375 g/mol. The number of amidine groups is 1. The summed E-state index contributed by atoms with van der Waals surface area (Å²) in [6, 6.07) is 6.89. The van der Waals surface area contributed by atoms with E-state index in [0.29, 0.717) is 17.3 Å². The van der Waals surface area contributed by atoms with Gasteiger partial charge in [-0.25, -0.2) is 0 Å². The van der Waals surface area contributed by atoms with E-state index < -0.39 is 10.0 Å². The number of benzene rings is 1. The number of fused-ring (bicyclic) bond motifs is 3. The Balaban J connectivity index is 1.41. The van der Waals surface area contributed by atoms with Crippen molar-refractivity contribution in [2.24, 2.45) is 22.2 Å². The number of hydrogen-bond acceptors (Lipinski definition) is 4. The third-order valence-electron chi connectivity index (χ3n) is 6.18. The van der Waals surface area contributed by atoms with Crippen LogP contribution in [0.5, 0.6) is 0 Å². The van der Waals surface area contributed by atoms with Crippen LogP contribution in [0, 0.1) is 17.8 Å². The normalized spacial score (nSPS) is 29.2. The van der Waals surface area contributed by atoms with Gasteiger partial charge in [0.25, 0.3) is 10.0 Å². The molecule has 4 atom stereocenters. The van der Waals surface area contributed by atoms with Crippen molar-refractivity contribution in [2.45, 2.75) is 43.5 Å². The van der Waals surface area contributed by atoms with Gasteiger partial charge in [-0.1, -0.05) is 18.6 Å². The highest BCUT2D eigenvalue weighted by atomic mass is 32.2. The largest absolute Gasteiger partial charge is 0.352 e. The van der Waals surface area contributed by atoms with Gasteiger partial charge >= 0.3 is 0 Å². The molecule has 2 fully saturated rings. The van der Waals surface area contributed by atoms with Crippen molar-refractivity contribution < 1.29 is 13.2 Å². The van der Waals surface area contributed by atoms with Gasteiger partial charge in [0, 0.05) is 18.7 Å². The van der Waals surface area contributed by atoms with Crippen LogP contribution in [0.15, 0.2) is 33.6 Å². The van der Waals surface area contributed by atoms with E-state index in [1.807, 2.05) is 0 Å². The first-order valence-electron chi connectivity index (χ1n) is 9.30. The summed E-state index contributed by atoms with van der Waals surface area (Å²) in [5, 5.41) is 3.12. The van der Waals surface area contributed by atoms with Gasteiger partial charge in [0.2, 0.25) is 5.91 Å². The number of nitrogens with one attached hydrogen (secondary N) is 1. The van der Waals surface area contributed by atoms with Crippen LogP contribution in [0.2, 0.25) is 0 Å². The van der Waals surface area contributed by atoms with Crippen LogP contribution in [0.4, 0.5) is 0 Å². The molecule has 0 saturated heterocycles. The third-order valence-corrected chi connectivity index (χ3v) is 7.50. The summed E-state index contributed by atoms with van der Waals surface area (Å²) in [5.41, 5.74) is 0.559. The third kappa shape index (κ3) is 3.02. The van der Waals surface area contributed by atoms with Crippen LogP contribution in [0.3, 0.4) is 0 Å². The minimum atomic E-state index is -3.66. The minimum Gasteiger partial charge on any atom is -0.352 e. The van der Waals surface area contributed by atoms with Crippen LogP contribution in [-0.2, 0) is 14.8 Å². The van der Waals surface area contributed by atoms with Gasteiger partial charge in [-0.3, -0.25) is 4.79 Å². The number of carbonyl (C=O) groups excluding carboxylic acids is 1. The molecular weight excluding hydrogens is 350 g/mol. The van der Waals surface area contributed by atoms with Crippen molar-refractivity contribution >= 4 is 21.8 Å². The van der Waals surface area contributed by atoms with Gasteiger partial charge in [-0.15, -0.1) is 4.40 Å². The van der Waals surface area contributed by atoms with Gasteiger partial charge in [0.1, 0.15) is 4.90 Å². The van der Waals surface area contributed by atoms with Crippen molar-refractivity contribution in [2.75, 3.05) is 13.6 Å². The van der Waals surface area contributed by atoms with E-state index in [0.717, 1.165) is 11.8 Å². The second-order valence-corrected chi connectivity index (χ2v) is 9.51. The summed E-state index contributed by atoms with van der Waals surface area (Å²) in [6.07, 6.45) is 5.18. The van der Waals surface area contributed by atoms with Crippen LogP contribution < -0.4 is 5.32 Å². The molecule has 26 heavy (non-hydrogen) atoms. The molecule has 1 amide bonds. The van der Waals surface area contributed by atoms with Crippen molar-refractivity contribution in [3.8, 4) is 0 Å². The number of hydrogen-bond donors (Lipinski definition) is 1. The zero-order chi connectivity index (χ0) is 18.5. The van der Waals surface area contributed by atoms with Crippen LogP contribution in [-0.4, -0.2) is 44.7 Å². The maximum atomic E-state index is 12.5. The quantitative estimate of drug-likeness (QED) is 0.873. The summed E-state index contributed by atoms with van der Waals surface area (Å²) in [7, 11) is -1.96. The smallest absolute Gasteiger partial charge is 0.285 e. The second kappa shape index (κ2) is 6.37. The maximum absolute atomic E-state index is 12.5. The number of amides is 1. The lowest BCUT2D eigenvalue weighted by Gasteiger charge is -2.29. The predicted octanol–water partition coefficient (Wildman–Crippen LogP) is 2.01. The van der Waals surface area contributed by atoms with Crippen LogP contribution >= 0.6 is 0 Å². The van der Waals surface area contributed by atoms with Crippen molar-refractivity contribution in [1.82, 2.24) is 10.2 Å². The van der Waals surface area contributed by atoms with Gasteiger partial charge in [-0.2, -0.15) is 8.42 Å². The van der Waals surface area contributed by atoms with E-state index in [1.54, 1.807) is 36.2 Å². The van der Waals surface area contributed by atoms with Crippen LogP contribution in [0.1, 0.15) is 38.2 Å². The van der Waals surface area contributed by atoms with E-state index in [2.05, 4.69) is 16.6 Å². The molecule has 6 nitrogen and oxygen atoms in total. The highest BCUT2D eigenvalue weighted by molar-refractivity contribution is 7.90. The minimum absolute atomic E-state index is 0.0905. The van der Waals surface area contributed by atoms with E-state index in [1.165, 1.54) is 25.7 Å². The molecular formula is C19H25N3O3S. The fourth-order valence-electron chi connectivity index (χ4n) is 4.97. The molecule has 2 bridgehead atoms. The average Bonchev–Trinajstić information content (AvgIpc) is 3.28. The standard InChI is InChI=1S/C19H25N3O3S/c1-12(16-10-13-7-8-14(16)9-13)20-18(23)11-22(2)19-15-5-3-4-6-17(15)26(24,25)21-19/h3-6,12-14,16H,7-11H2,1-2H3,(H,20,23). The Morgan fingerprint density at radius 2 is 2.08 bits per heavy atom. The molecule has 1 aromatic carbocycles. The average molecular weight is 375 g/mol. The zero-order valence-electron chi connectivity index (χ0n) is 15.2. The maximum Gasteiger partial charge on any atom is 0.285 e. The molecule has 0 radical (unpaired) electrons. The molecule has 2 saturated carbocycles. The number of likely N-dealkylation sites (N-methyl/N-ethyl adjacent to an activating group) is 1. The summed E-state index contributed by atoms with van der Waals surface area (Å²) < 4.78 is 28.2. The predicted molar refractivity (Wildman–Crippen MR) is 99.3 cm³/mol. The van der Waals surface area contributed by atoms with Gasteiger partial charge < -0.3 is 10.2 Å². The lowest BCUT2D eigenvalue weighted by molar-refractivity contribution is -0.122. The molecule has 2 aliphatic carbocycles. The molecule has 1 N–H and O–H groups in total. The van der Waals surface area contributed by atoms with Gasteiger partial charge in [-0.05, 0) is 56.1 Å². The highest BCUT2D eigenvalue weighted by Gasteiger charge is 2.42. The number of sulfonamides is 1. The Morgan fingerprint density at radius 1 is 1.31 bits per heavy atom. The lowest BCUT2D eigenvalue weighted by atomic mass is 9.84. The number of rotatable bonds is 4. The molecule has 1 heterocycles. The molecule has 1 aliphatic heterocycles. The van der Waals surface area contributed by atoms with E-state index in [-0.39, 0.29) is 23.4 Å². The highest BCUT2D eigenvalue weighted by Crippen LogP contribution is 2.49. The first kappa shape index (κ1) is 17.5. The summed E-state index contributed by atoms with van der Waals surface area (Å²) in [4.78, 5) is 14.3. The van der Waals surface area contributed by atoms with E-state index in [9.17, 15) is 13.2 Å². The lowest BCUT2D eigenvalue weighted by Crippen LogP contribution is -2.45. The fourth-order valence-corrected chi connectivity index (χ4v) is 6.22. The Kier molecular flexibility index (Phi) is 4.29.